The van der Waals surface area contributed by atoms with Crippen molar-refractivity contribution in [3.63, 3.8) is 0 Å². The van der Waals surface area contributed by atoms with Crippen LogP contribution in [0, 0.1) is 0 Å². The summed E-state index contributed by atoms with van der Waals surface area (Å²) in [6, 6.07) is 14.9. The molecule has 0 spiro atoms. The monoisotopic (exact) mass is 369 g/mol. The lowest BCUT2D eigenvalue weighted by Crippen LogP contribution is -2.30. The SMILES string of the molecule is O=S(=O)(NC(CO)c1ccccc1)c1ccc(CBr)cc1. The van der Waals surface area contributed by atoms with E-state index in [9.17, 15) is 13.5 Å². The third-order valence-corrected chi connectivity index (χ3v) is 5.20. The van der Waals surface area contributed by atoms with Crippen LogP contribution in [-0.2, 0) is 15.4 Å². The molecule has 0 fully saturated rings. The maximum atomic E-state index is 12.3. The Labute approximate surface area is 133 Å². The molecule has 21 heavy (non-hydrogen) atoms. The smallest absolute Gasteiger partial charge is 0.241 e. The molecule has 0 heterocycles. The number of rotatable bonds is 6. The first-order valence-corrected chi connectivity index (χ1v) is 9.00. The van der Waals surface area contributed by atoms with Crippen LogP contribution in [0.15, 0.2) is 59.5 Å². The van der Waals surface area contributed by atoms with Crippen LogP contribution < -0.4 is 4.72 Å². The third kappa shape index (κ3) is 4.14. The molecule has 0 bridgehead atoms. The molecule has 1 unspecified atom stereocenters. The predicted octanol–water partition coefficient (Wildman–Crippen LogP) is 2.59. The average molecular weight is 370 g/mol. The summed E-state index contributed by atoms with van der Waals surface area (Å²) >= 11 is 3.32. The van der Waals surface area contributed by atoms with Crippen LogP contribution in [-0.4, -0.2) is 20.1 Å². The van der Waals surface area contributed by atoms with Gasteiger partial charge >= 0.3 is 0 Å². The summed E-state index contributed by atoms with van der Waals surface area (Å²) in [6.45, 7) is -0.303. The fraction of sp³-hybridized carbons (Fsp3) is 0.200. The predicted molar refractivity (Wildman–Crippen MR) is 85.7 cm³/mol. The van der Waals surface area contributed by atoms with E-state index in [-0.39, 0.29) is 11.5 Å². The van der Waals surface area contributed by atoms with Gasteiger partial charge in [0.1, 0.15) is 0 Å². The van der Waals surface area contributed by atoms with Gasteiger partial charge in [-0.1, -0.05) is 58.4 Å². The van der Waals surface area contributed by atoms with Crippen LogP contribution in [0.2, 0.25) is 0 Å². The van der Waals surface area contributed by atoms with Gasteiger partial charge in [-0.25, -0.2) is 13.1 Å². The van der Waals surface area contributed by atoms with Crippen LogP contribution in [0.25, 0.3) is 0 Å². The Morgan fingerprint density at radius 1 is 1.05 bits per heavy atom. The van der Waals surface area contributed by atoms with Crippen molar-refractivity contribution in [1.29, 1.82) is 0 Å². The molecule has 112 valence electrons. The molecule has 0 aliphatic carbocycles. The lowest BCUT2D eigenvalue weighted by Gasteiger charge is -2.17. The minimum absolute atomic E-state index is 0.182. The van der Waals surface area contributed by atoms with Crippen molar-refractivity contribution >= 4 is 26.0 Å². The molecule has 0 radical (unpaired) electrons. The molecule has 1 atom stereocenters. The van der Waals surface area contributed by atoms with Gasteiger partial charge in [0.15, 0.2) is 0 Å². The second-order valence-corrected chi connectivity index (χ2v) is 6.82. The Kier molecular flexibility index (Phi) is 5.52. The number of sulfonamides is 1. The number of hydrogen-bond acceptors (Lipinski definition) is 3. The molecule has 6 heteroatoms. The van der Waals surface area contributed by atoms with Crippen molar-refractivity contribution in [2.45, 2.75) is 16.3 Å². The molecule has 2 aromatic carbocycles. The first-order valence-electron chi connectivity index (χ1n) is 6.40. The molecule has 0 aromatic heterocycles. The van der Waals surface area contributed by atoms with Gasteiger partial charge in [-0.15, -0.1) is 0 Å². The molecule has 0 aliphatic rings. The Morgan fingerprint density at radius 2 is 1.67 bits per heavy atom. The maximum Gasteiger partial charge on any atom is 0.241 e. The van der Waals surface area contributed by atoms with E-state index in [1.54, 1.807) is 48.5 Å². The third-order valence-electron chi connectivity index (χ3n) is 3.07. The van der Waals surface area contributed by atoms with Crippen LogP contribution in [0.1, 0.15) is 17.2 Å². The fourth-order valence-electron chi connectivity index (χ4n) is 1.91. The van der Waals surface area contributed by atoms with Gasteiger partial charge in [0, 0.05) is 5.33 Å². The molecule has 0 amide bonds. The second-order valence-electron chi connectivity index (χ2n) is 4.54. The van der Waals surface area contributed by atoms with E-state index < -0.39 is 16.1 Å². The molecule has 2 N–H and O–H groups in total. The number of halogens is 1. The van der Waals surface area contributed by atoms with Gasteiger partial charge in [-0.3, -0.25) is 0 Å². The largest absolute Gasteiger partial charge is 0.394 e. The Morgan fingerprint density at radius 3 is 2.19 bits per heavy atom. The van der Waals surface area contributed by atoms with Gasteiger partial charge in [0.2, 0.25) is 10.0 Å². The number of benzene rings is 2. The van der Waals surface area contributed by atoms with E-state index in [1.807, 2.05) is 6.07 Å². The lowest BCUT2D eigenvalue weighted by molar-refractivity contribution is 0.259. The summed E-state index contributed by atoms with van der Waals surface area (Å²) in [7, 11) is -3.67. The van der Waals surface area contributed by atoms with E-state index in [0.717, 1.165) is 11.1 Å². The minimum Gasteiger partial charge on any atom is -0.394 e. The highest BCUT2D eigenvalue weighted by Crippen LogP contribution is 2.18. The summed E-state index contributed by atoms with van der Waals surface area (Å²) < 4.78 is 27.2. The zero-order chi connectivity index (χ0) is 15.3. The summed E-state index contributed by atoms with van der Waals surface area (Å²) in [6.07, 6.45) is 0. The van der Waals surface area contributed by atoms with Gasteiger partial charge in [0.25, 0.3) is 0 Å². The highest BCUT2D eigenvalue weighted by atomic mass is 79.9. The normalized spacial score (nSPS) is 13.0. The molecule has 0 saturated heterocycles. The minimum atomic E-state index is -3.67. The zero-order valence-electron chi connectivity index (χ0n) is 11.2. The average Bonchev–Trinajstić information content (AvgIpc) is 2.53. The standard InChI is InChI=1S/C15H16BrNO3S/c16-10-12-6-8-14(9-7-12)21(19,20)17-15(11-18)13-4-2-1-3-5-13/h1-9,15,17-18H,10-11H2. The van der Waals surface area contributed by atoms with Crippen LogP contribution in [0.4, 0.5) is 0 Å². The summed E-state index contributed by atoms with van der Waals surface area (Å²) in [5.74, 6) is 0. The van der Waals surface area contributed by atoms with E-state index in [0.29, 0.717) is 5.33 Å². The van der Waals surface area contributed by atoms with Crippen molar-refractivity contribution < 1.29 is 13.5 Å². The topological polar surface area (TPSA) is 66.4 Å². The van der Waals surface area contributed by atoms with Crippen molar-refractivity contribution in [2.24, 2.45) is 0 Å². The second kappa shape index (κ2) is 7.17. The Balaban J connectivity index is 2.22. The number of alkyl halides is 1. The van der Waals surface area contributed by atoms with Crippen molar-refractivity contribution in [1.82, 2.24) is 4.72 Å². The lowest BCUT2D eigenvalue weighted by atomic mass is 10.1. The van der Waals surface area contributed by atoms with Crippen molar-refractivity contribution in [3.8, 4) is 0 Å². The van der Waals surface area contributed by atoms with E-state index >= 15 is 0 Å². The highest BCUT2D eigenvalue weighted by molar-refractivity contribution is 9.08. The van der Waals surface area contributed by atoms with E-state index in [4.69, 9.17) is 0 Å². The highest BCUT2D eigenvalue weighted by Gasteiger charge is 2.20. The molecular formula is C15H16BrNO3S. The number of nitrogens with one attached hydrogen (secondary N) is 1. The fourth-order valence-corrected chi connectivity index (χ4v) is 3.50. The first-order chi connectivity index (χ1) is 10.1. The quantitative estimate of drug-likeness (QED) is 0.769. The Bertz CT molecular complexity index is 672. The molecule has 0 saturated carbocycles. The maximum absolute atomic E-state index is 12.3. The first kappa shape index (κ1) is 16.2. The molecule has 0 aliphatic heterocycles. The summed E-state index contributed by atoms with van der Waals surface area (Å²) in [5, 5.41) is 10.1. The van der Waals surface area contributed by atoms with Crippen LogP contribution in [0.3, 0.4) is 0 Å². The molecular weight excluding hydrogens is 354 g/mol. The van der Waals surface area contributed by atoms with Gasteiger partial charge in [-0.2, -0.15) is 0 Å². The van der Waals surface area contributed by atoms with E-state index in [2.05, 4.69) is 20.7 Å². The number of aliphatic hydroxyl groups is 1. The van der Waals surface area contributed by atoms with Crippen LogP contribution >= 0.6 is 15.9 Å². The molecule has 2 rings (SSSR count). The van der Waals surface area contributed by atoms with Crippen molar-refractivity contribution in [2.75, 3.05) is 6.61 Å². The zero-order valence-corrected chi connectivity index (χ0v) is 13.6. The molecule has 2 aromatic rings. The van der Waals surface area contributed by atoms with Crippen molar-refractivity contribution in [3.05, 3.63) is 65.7 Å². The van der Waals surface area contributed by atoms with Gasteiger partial charge < -0.3 is 5.11 Å². The van der Waals surface area contributed by atoms with E-state index in [1.165, 1.54) is 0 Å². The van der Waals surface area contributed by atoms with Gasteiger partial charge in [0.05, 0.1) is 17.5 Å². The summed E-state index contributed by atoms with van der Waals surface area (Å²) in [4.78, 5) is 0.182. The van der Waals surface area contributed by atoms with Crippen LogP contribution in [0.5, 0.6) is 0 Å². The number of hydrogen-bond donors (Lipinski definition) is 2. The van der Waals surface area contributed by atoms with Gasteiger partial charge in [-0.05, 0) is 23.3 Å². The number of aliphatic hydroxyl groups excluding tert-OH is 1. The summed E-state index contributed by atoms with van der Waals surface area (Å²) in [5.41, 5.74) is 1.72. The molecule has 4 nitrogen and oxygen atoms in total. The Hall–Kier alpha value is -1.21.